The third-order valence-electron chi connectivity index (χ3n) is 3.67. The van der Waals surface area contributed by atoms with Crippen molar-refractivity contribution in [1.82, 2.24) is 9.97 Å². The van der Waals surface area contributed by atoms with Gasteiger partial charge < -0.3 is 25.5 Å². The van der Waals surface area contributed by atoms with E-state index in [1.807, 2.05) is 18.2 Å². The second-order valence-corrected chi connectivity index (χ2v) is 4.74. The second kappa shape index (κ2) is 3.94. The largest absolute Gasteiger partial charge is 0.391 e. The van der Waals surface area contributed by atoms with Crippen LogP contribution in [-0.2, 0) is 10.2 Å². The average molecular weight is 249 g/mol. The Morgan fingerprint density at radius 3 is 2.72 bits per heavy atom. The Morgan fingerprint density at radius 1 is 1.39 bits per heavy atom. The molecular weight excluding hydrogens is 234 g/mol. The minimum absolute atomic E-state index is 0.186. The second-order valence-electron chi connectivity index (χ2n) is 4.74. The van der Waals surface area contributed by atoms with Crippen LogP contribution >= 0.6 is 0 Å². The molecule has 1 saturated heterocycles. The third kappa shape index (κ3) is 1.50. The van der Waals surface area contributed by atoms with Gasteiger partial charge in [-0.3, -0.25) is 0 Å². The Hall–Kier alpha value is -1.63. The van der Waals surface area contributed by atoms with Crippen LogP contribution in [0.5, 0.6) is 0 Å². The van der Waals surface area contributed by atoms with Crippen LogP contribution in [0.3, 0.4) is 0 Å². The summed E-state index contributed by atoms with van der Waals surface area (Å²) in [6.07, 6.45) is -0.644. The van der Waals surface area contributed by atoms with Crippen molar-refractivity contribution in [3.05, 3.63) is 34.2 Å². The molecule has 0 radical (unpaired) electrons. The number of H-pyrrole nitrogens is 2. The normalized spacial score (nSPS) is 19.7. The number of rotatable bonds is 3. The summed E-state index contributed by atoms with van der Waals surface area (Å²) >= 11 is 0. The summed E-state index contributed by atoms with van der Waals surface area (Å²) in [4.78, 5) is 16.6. The Labute approximate surface area is 103 Å². The average Bonchev–Trinajstić information content (AvgIpc) is 2.66. The Bertz CT molecular complexity index is 627. The molecule has 0 bridgehead atoms. The molecule has 1 aliphatic heterocycles. The van der Waals surface area contributed by atoms with E-state index in [2.05, 4.69) is 9.97 Å². The van der Waals surface area contributed by atoms with Crippen molar-refractivity contribution in [2.24, 2.45) is 5.73 Å². The molecule has 0 amide bonds. The summed E-state index contributed by atoms with van der Waals surface area (Å²) < 4.78 is 5.24. The summed E-state index contributed by atoms with van der Waals surface area (Å²) in [5, 5.41) is 10.1. The Morgan fingerprint density at radius 2 is 2.11 bits per heavy atom. The number of nitrogens with one attached hydrogen (secondary N) is 2. The summed E-state index contributed by atoms with van der Waals surface area (Å²) in [5.74, 6) is 0. The summed E-state index contributed by atoms with van der Waals surface area (Å²) in [6, 6.07) is 5.59. The van der Waals surface area contributed by atoms with Gasteiger partial charge in [0.1, 0.15) is 0 Å². The number of aliphatic hydroxyl groups is 1. The van der Waals surface area contributed by atoms with Gasteiger partial charge in [-0.1, -0.05) is 6.07 Å². The zero-order chi connectivity index (χ0) is 12.8. The molecule has 0 spiro atoms. The van der Waals surface area contributed by atoms with Gasteiger partial charge in [-0.05, 0) is 17.7 Å². The smallest absolute Gasteiger partial charge is 0.323 e. The zero-order valence-corrected chi connectivity index (χ0v) is 9.77. The first-order valence-corrected chi connectivity index (χ1v) is 5.84. The van der Waals surface area contributed by atoms with Crippen molar-refractivity contribution in [1.29, 1.82) is 0 Å². The number of hydrogen-bond donors (Lipinski definition) is 4. The highest BCUT2D eigenvalue weighted by Gasteiger charge is 2.46. The van der Waals surface area contributed by atoms with Crippen LogP contribution in [0.25, 0.3) is 11.0 Å². The number of aromatic nitrogens is 2. The monoisotopic (exact) mass is 249 g/mol. The minimum atomic E-state index is -0.644. The van der Waals surface area contributed by atoms with Crippen LogP contribution in [0.15, 0.2) is 23.0 Å². The first-order valence-electron chi connectivity index (χ1n) is 5.84. The van der Waals surface area contributed by atoms with Crippen molar-refractivity contribution in [2.45, 2.75) is 11.5 Å². The predicted octanol–water partition coefficient (Wildman–Crippen LogP) is -0.556. The van der Waals surface area contributed by atoms with E-state index in [-0.39, 0.29) is 12.2 Å². The highest BCUT2D eigenvalue weighted by atomic mass is 16.5. The maximum Gasteiger partial charge on any atom is 0.323 e. The fraction of sp³-hybridized carbons (Fsp3) is 0.417. The van der Waals surface area contributed by atoms with E-state index in [9.17, 15) is 9.90 Å². The number of aliphatic hydroxyl groups excluding tert-OH is 1. The van der Waals surface area contributed by atoms with Gasteiger partial charge in [-0.15, -0.1) is 0 Å². The zero-order valence-electron chi connectivity index (χ0n) is 9.77. The van der Waals surface area contributed by atoms with Crippen molar-refractivity contribution in [3.63, 3.8) is 0 Å². The number of fused-ring (bicyclic) bond motifs is 1. The molecule has 6 nitrogen and oxygen atoms in total. The highest BCUT2D eigenvalue weighted by molar-refractivity contribution is 5.75. The molecule has 1 aromatic heterocycles. The molecule has 2 aromatic rings. The molecule has 0 aliphatic carbocycles. The molecule has 3 rings (SSSR count). The molecule has 18 heavy (non-hydrogen) atoms. The number of benzene rings is 1. The van der Waals surface area contributed by atoms with Crippen LogP contribution in [0.4, 0.5) is 0 Å². The lowest BCUT2D eigenvalue weighted by atomic mass is 9.74. The fourth-order valence-corrected chi connectivity index (χ4v) is 2.44. The van der Waals surface area contributed by atoms with Gasteiger partial charge in [0.15, 0.2) is 0 Å². The summed E-state index contributed by atoms with van der Waals surface area (Å²) in [6.45, 7) is 1.09. The van der Waals surface area contributed by atoms with Crippen molar-refractivity contribution in [3.8, 4) is 0 Å². The molecule has 5 N–H and O–H groups in total. The van der Waals surface area contributed by atoms with E-state index in [4.69, 9.17) is 10.5 Å². The third-order valence-corrected chi connectivity index (χ3v) is 3.67. The van der Waals surface area contributed by atoms with E-state index < -0.39 is 11.5 Å². The quantitative estimate of drug-likeness (QED) is 0.585. The minimum Gasteiger partial charge on any atom is -0.391 e. The number of nitrogens with two attached hydrogens (primary N) is 1. The number of ether oxygens (including phenoxy) is 1. The number of hydrogen-bond acceptors (Lipinski definition) is 4. The Balaban J connectivity index is 2.09. The van der Waals surface area contributed by atoms with Crippen LogP contribution in [0, 0.1) is 0 Å². The van der Waals surface area contributed by atoms with E-state index in [0.717, 1.165) is 16.6 Å². The van der Waals surface area contributed by atoms with Gasteiger partial charge in [0, 0.05) is 6.54 Å². The van der Waals surface area contributed by atoms with Gasteiger partial charge >= 0.3 is 5.69 Å². The first kappa shape index (κ1) is 11.5. The van der Waals surface area contributed by atoms with Gasteiger partial charge in [-0.2, -0.15) is 0 Å². The van der Waals surface area contributed by atoms with Crippen LogP contribution in [0.2, 0.25) is 0 Å². The fourth-order valence-electron chi connectivity index (χ4n) is 2.44. The van der Waals surface area contributed by atoms with Gasteiger partial charge in [0.25, 0.3) is 0 Å². The Kier molecular flexibility index (Phi) is 2.51. The molecule has 1 aliphatic rings. The predicted molar refractivity (Wildman–Crippen MR) is 66.5 cm³/mol. The topological polar surface area (TPSA) is 104 Å². The van der Waals surface area contributed by atoms with Crippen molar-refractivity contribution in [2.75, 3.05) is 19.8 Å². The SMILES string of the molecule is NCC(O)C1(c2ccc3[nH]c(=O)[nH]c3c2)COC1. The van der Waals surface area contributed by atoms with Crippen molar-refractivity contribution < 1.29 is 9.84 Å². The lowest BCUT2D eigenvalue weighted by Crippen LogP contribution is -2.57. The lowest BCUT2D eigenvalue weighted by Gasteiger charge is -2.45. The van der Waals surface area contributed by atoms with E-state index in [0.29, 0.717) is 13.2 Å². The van der Waals surface area contributed by atoms with E-state index >= 15 is 0 Å². The maximum absolute atomic E-state index is 11.2. The summed E-state index contributed by atoms with van der Waals surface area (Å²) in [5.41, 5.74) is 7.29. The molecule has 96 valence electrons. The molecular formula is C12H15N3O3. The molecule has 1 atom stereocenters. The van der Waals surface area contributed by atoms with E-state index in [1.165, 1.54) is 0 Å². The molecule has 0 saturated carbocycles. The highest BCUT2D eigenvalue weighted by Crippen LogP contribution is 2.36. The van der Waals surface area contributed by atoms with Crippen LogP contribution < -0.4 is 11.4 Å². The van der Waals surface area contributed by atoms with E-state index in [1.54, 1.807) is 0 Å². The summed E-state index contributed by atoms with van der Waals surface area (Å²) in [7, 11) is 0. The standard InChI is InChI=1S/C12H15N3O3/c13-4-10(16)12(5-18-6-12)7-1-2-8-9(3-7)15-11(17)14-8/h1-3,10,16H,4-6,13H2,(H2,14,15,17). The maximum atomic E-state index is 11.2. The van der Waals surface area contributed by atoms with Crippen LogP contribution in [-0.4, -0.2) is 40.9 Å². The molecule has 6 heteroatoms. The lowest BCUT2D eigenvalue weighted by molar-refractivity contribution is -0.116. The van der Waals surface area contributed by atoms with Crippen LogP contribution in [0.1, 0.15) is 5.56 Å². The molecule has 1 unspecified atom stereocenters. The van der Waals surface area contributed by atoms with Crippen molar-refractivity contribution >= 4 is 11.0 Å². The number of aromatic amines is 2. The number of imidazole rings is 1. The van der Waals surface area contributed by atoms with Gasteiger partial charge in [-0.25, -0.2) is 4.79 Å². The molecule has 1 aromatic carbocycles. The first-order chi connectivity index (χ1) is 8.65. The molecule has 1 fully saturated rings. The molecule has 2 heterocycles. The van der Waals surface area contributed by atoms with Gasteiger partial charge in [0.2, 0.25) is 0 Å². The van der Waals surface area contributed by atoms with Gasteiger partial charge in [0.05, 0.1) is 35.8 Å².